The Morgan fingerprint density at radius 2 is 1.87 bits per heavy atom. The van der Waals surface area contributed by atoms with Crippen LogP contribution in [0.25, 0.3) is 0 Å². The maximum atomic E-state index is 13.2. The highest BCUT2D eigenvalue weighted by molar-refractivity contribution is 5.83. The summed E-state index contributed by atoms with van der Waals surface area (Å²) in [5.41, 5.74) is 1.08. The van der Waals surface area contributed by atoms with Gasteiger partial charge in [0, 0.05) is 5.92 Å². The topological polar surface area (TPSA) is 41.1 Å². The SMILES string of the molecule is CC(C)(C)[C@@H](NC(=O)[C@H]1CC12CCNCC2)c1ccc(F)cc1. The van der Waals surface area contributed by atoms with Gasteiger partial charge in [-0.2, -0.15) is 0 Å². The molecule has 3 nitrogen and oxygen atoms in total. The molecule has 2 aliphatic rings. The number of carbonyl (C=O) groups is 1. The van der Waals surface area contributed by atoms with Crippen LogP contribution in [0, 0.1) is 22.6 Å². The molecular weight excluding hydrogens is 291 g/mol. The molecule has 126 valence electrons. The summed E-state index contributed by atoms with van der Waals surface area (Å²) in [4.78, 5) is 12.8. The number of hydrogen-bond acceptors (Lipinski definition) is 2. The highest BCUT2D eigenvalue weighted by atomic mass is 19.1. The van der Waals surface area contributed by atoms with Crippen LogP contribution >= 0.6 is 0 Å². The third-order valence-electron chi connectivity index (χ3n) is 5.46. The summed E-state index contributed by atoms with van der Waals surface area (Å²) in [5, 5.41) is 6.61. The summed E-state index contributed by atoms with van der Waals surface area (Å²) < 4.78 is 13.2. The molecule has 1 amide bonds. The fourth-order valence-corrected chi connectivity index (χ4v) is 3.89. The zero-order chi connectivity index (χ0) is 16.7. The third kappa shape index (κ3) is 3.42. The molecule has 4 heteroatoms. The molecule has 0 radical (unpaired) electrons. The molecule has 1 saturated heterocycles. The van der Waals surface area contributed by atoms with Gasteiger partial charge in [-0.3, -0.25) is 4.79 Å². The van der Waals surface area contributed by atoms with Crippen molar-refractivity contribution in [3.63, 3.8) is 0 Å². The average Bonchev–Trinajstić information content (AvgIpc) is 3.19. The third-order valence-corrected chi connectivity index (χ3v) is 5.46. The van der Waals surface area contributed by atoms with E-state index >= 15 is 0 Å². The Bertz CT molecular complexity index is 570. The summed E-state index contributed by atoms with van der Waals surface area (Å²) in [6.45, 7) is 8.35. The number of carbonyl (C=O) groups excluding carboxylic acids is 1. The van der Waals surface area contributed by atoms with E-state index in [-0.39, 0.29) is 34.5 Å². The van der Waals surface area contributed by atoms with E-state index < -0.39 is 0 Å². The molecule has 1 spiro atoms. The van der Waals surface area contributed by atoms with Crippen LogP contribution in [0.5, 0.6) is 0 Å². The number of halogens is 1. The highest BCUT2D eigenvalue weighted by Gasteiger charge is 2.58. The zero-order valence-electron chi connectivity index (χ0n) is 14.3. The smallest absolute Gasteiger partial charge is 0.224 e. The Morgan fingerprint density at radius 3 is 2.43 bits per heavy atom. The number of piperidine rings is 1. The van der Waals surface area contributed by atoms with Crippen molar-refractivity contribution in [3.05, 3.63) is 35.6 Å². The molecule has 0 bridgehead atoms. The lowest BCUT2D eigenvalue weighted by molar-refractivity contribution is -0.124. The Hall–Kier alpha value is -1.42. The normalized spacial score (nSPS) is 24.3. The molecule has 0 aromatic heterocycles. The van der Waals surface area contributed by atoms with E-state index in [4.69, 9.17) is 0 Å². The van der Waals surface area contributed by atoms with Gasteiger partial charge in [0.05, 0.1) is 6.04 Å². The minimum absolute atomic E-state index is 0.102. The number of rotatable bonds is 3. The van der Waals surface area contributed by atoms with Crippen LogP contribution in [0.1, 0.15) is 51.6 Å². The van der Waals surface area contributed by atoms with Crippen molar-refractivity contribution in [2.45, 2.75) is 46.1 Å². The fourth-order valence-electron chi connectivity index (χ4n) is 3.89. The minimum Gasteiger partial charge on any atom is -0.349 e. The largest absolute Gasteiger partial charge is 0.349 e. The lowest BCUT2D eigenvalue weighted by Gasteiger charge is -2.32. The van der Waals surface area contributed by atoms with Gasteiger partial charge in [0.2, 0.25) is 5.91 Å². The second-order valence-corrected chi connectivity index (χ2v) is 8.23. The average molecular weight is 318 g/mol. The molecule has 1 heterocycles. The monoisotopic (exact) mass is 318 g/mol. The highest BCUT2D eigenvalue weighted by Crippen LogP contribution is 2.58. The summed E-state index contributed by atoms with van der Waals surface area (Å²) >= 11 is 0. The standard InChI is InChI=1S/C19H27FN2O/c1-18(2,3)16(13-4-6-14(20)7-5-13)22-17(23)15-12-19(15)8-10-21-11-9-19/h4-7,15-16,21H,8-12H2,1-3H3,(H,22,23)/t15-,16+/m1/s1. The van der Waals surface area contributed by atoms with Gasteiger partial charge in [0.15, 0.2) is 0 Å². The van der Waals surface area contributed by atoms with Gasteiger partial charge in [0.1, 0.15) is 5.82 Å². The molecular formula is C19H27FN2O. The van der Waals surface area contributed by atoms with E-state index in [1.807, 2.05) is 0 Å². The summed E-state index contributed by atoms with van der Waals surface area (Å²) in [5.74, 6) is 0.0645. The van der Waals surface area contributed by atoms with Crippen LogP contribution in [-0.4, -0.2) is 19.0 Å². The summed E-state index contributed by atoms with van der Waals surface area (Å²) in [6, 6.07) is 6.38. The van der Waals surface area contributed by atoms with Crippen molar-refractivity contribution < 1.29 is 9.18 Å². The fraction of sp³-hybridized carbons (Fsp3) is 0.632. The second kappa shape index (κ2) is 5.90. The van der Waals surface area contributed by atoms with Crippen molar-refractivity contribution in [3.8, 4) is 0 Å². The van der Waals surface area contributed by atoms with E-state index in [0.717, 1.165) is 37.9 Å². The van der Waals surface area contributed by atoms with Crippen molar-refractivity contribution >= 4 is 5.91 Å². The first-order valence-electron chi connectivity index (χ1n) is 8.58. The van der Waals surface area contributed by atoms with Gasteiger partial charge < -0.3 is 10.6 Å². The van der Waals surface area contributed by atoms with Gasteiger partial charge in [-0.1, -0.05) is 32.9 Å². The molecule has 2 atom stereocenters. The van der Waals surface area contributed by atoms with Crippen LogP contribution in [0.4, 0.5) is 4.39 Å². The van der Waals surface area contributed by atoms with Gasteiger partial charge in [0.25, 0.3) is 0 Å². The quantitative estimate of drug-likeness (QED) is 0.896. The summed E-state index contributed by atoms with van der Waals surface area (Å²) in [6.07, 6.45) is 3.21. The van der Waals surface area contributed by atoms with E-state index in [0.29, 0.717) is 0 Å². The molecule has 2 fully saturated rings. The predicted molar refractivity (Wildman–Crippen MR) is 89.4 cm³/mol. The van der Waals surface area contributed by atoms with Crippen molar-refractivity contribution in [2.75, 3.05) is 13.1 Å². The molecule has 1 aliphatic carbocycles. The molecule has 3 rings (SSSR count). The van der Waals surface area contributed by atoms with Crippen molar-refractivity contribution in [1.82, 2.24) is 10.6 Å². The van der Waals surface area contributed by atoms with E-state index in [9.17, 15) is 9.18 Å². The van der Waals surface area contributed by atoms with Gasteiger partial charge >= 0.3 is 0 Å². The molecule has 0 unspecified atom stereocenters. The minimum atomic E-state index is -0.247. The first kappa shape index (κ1) is 16.4. The van der Waals surface area contributed by atoms with Crippen molar-refractivity contribution in [2.24, 2.45) is 16.7 Å². The zero-order valence-corrected chi connectivity index (χ0v) is 14.3. The van der Waals surface area contributed by atoms with Crippen molar-refractivity contribution in [1.29, 1.82) is 0 Å². The van der Waals surface area contributed by atoms with Crippen LogP contribution in [0.3, 0.4) is 0 Å². The number of nitrogens with one attached hydrogen (secondary N) is 2. The van der Waals surface area contributed by atoms with Crippen LogP contribution in [0.15, 0.2) is 24.3 Å². The first-order valence-corrected chi connectivity index (χ1v) is 8.58. The van der Waals surface area contributed by atoms with E-state index in [1.54, 1.807) is 12.1 Å². The Labute approximate surface area is 138 Å². The second-order valence-electron chi connectivity index (χ2n) is 8.23. The van der Waals surface area contributed by atoms with Crippen LogP contribution in [-0.2, 0) is 4.79 Å². The first-order chi connectivity index (χ1) is 10.8. The molecule has 1 aromatic carbocycles. The maximum absolute atomic E-state index is 13.2. The number of hydrogen-bond donors (Lipinski definition) is 2. The Balaban J connectivity index is 1.72. The molecule has 1 aromatic rings. The van der Waals surface area contributed by atoms with Gasteiger partial charge in [-0.05, 0) is 60.9 Å². The van der Waals surface area contributed by atoms with E-state index in [2.05, 4.69) is 31.4 Å². The molecule has 1 saturated carbocycles. The maximum Gasteiger partial charge on any atom is 0.224 e. The lowest BCUT2D eigenvalue weighted by atomic mass is 9.82. The predicted octanol–water partition coefficient (Wildman–Crippen LogP) is 3.42. The summed E-state index contributed by atoms with van der Waals surface area (Å²) in [7, 11) is 0. The van der Waals surface area contributed by atoms with Gasteiger partial charge in [-0.25, -0.2) is 4.39 Å². The van der Waals surface area contributed by atoms with Gasteiger partial charge in [-0.15, -0.1) is 0 Å². The van der Waals surface area contributed by atoms with Crippen LogP contribution < -0.4 is 10.6 Å². The molecule has 1 aliphatic heterocycles. The number of amides is 1. The van der Waals surface area contributed by atoms with Crippen LogP contribution in [0.2, 0.25) is 0 Å². The molecule has 2 N–H and O–H groups in total. The van der Waals surface area contributed by atoms with E-state index in [1.165, 1.54) is 12.1 Å². The Kier molecular flexibility index (Phi) is 4.21. The lowest BCUT2D eigenvalue weighted by Crippen LogP contribution is -2.39. The number of benzene rings is 1. The Morgan fingerprint density at radius 1 is 1.26 bits per heavy atom. The molecule has 23 heavy (non-hydrogen) atoms.